The van der Waals surface area contributed by atoms with Crippen LogP contribution in [-0.2, 0) is 12.8 Å². The van der Waals surface area contributed by atoms with Crippen LogP contribution in [-0.4, -0.2) is 16.2 Å². The Morgan fingerprint density at radius 1 is 1.19 bits per heavy atom. The summed E-state index contributed by atoms with van der Waals surface area (Å²) in [4.78, 5) is 4.41. The van der Waals surface area contributed by atoms with Crippen LogP contribution >= 0.6 is 27.3 Å². The Labute approximate surface area is 135 Å². The van der Waals surface area contributed by atoms with E-state index in [1.807, 2.05) is 29.0 Å². The summed E-state index contributed by atoms with van der Waals surface area (Å²) in [7, 11) is 0. The summed E-state index contributed by atoms with van der Waals surface area (Å²) in [6.07, 6.45) is 1.37. The largest absolute Gasteiger partial charge is 0.339 e. The predicted molar refractivity (Wildman–Crippen MR) is 87.1 cm³/mol. The smallest absolute Gasteiger partial charge is 0.228 e. The lowest BCUT2D eigenvalue weighted by Crippen LogP contribution is -2.25. The van der Waals surface area contributed by atoms with Gasteiger partial charge >= 0.3 is 0 Å². The van der Waals surface area contributed by atoms with Crippen molar-refractivity contribution in [2.24, 2.45) is 5.73 Å². The summed E-state index contributed by atoms with van der Waals surface area (Å²) in [5.41, 5.74) is 8.32. The number of nitrogens with two attached hydrogens (primary N) is 1. The zero-order valence-corrected chi connectivity index (χ0v) is 13.6. The highest BCUT2D eigenvalue weighted by atomic mass is 79.9. The van der Waals surface area contributed by atoms with Crippen molar-refractivity contribution in [3.63, 3.8) is 0 Å². The summed E-state index contributed by atoms with van der Waals surface area (Å²) < 4.78 is 6.27. The van der Waals surface area contributed by atoms with Crippen molar-refractivity contribution < 1.29 is 4.52 Å². The van der Waals surface area contributed by atoms with Gasteiger partial charge in [0.15, 0.2) is 0 Å². The lowest BCUT2D eigenvalue weighted by Gasteiger charge is -2.08. The van der Waals surface area contributed by atoms with Gasteiger partial charge in [0.1, 0.15) is 0 Å². The highest BCUT2D eigenvalue weighted by Gasteiger charge is 2.15. The number of hydrogen-bond donors (Lipinski definition) is 1. The summed E-state index contributed by atoms with van der Waals surface area (Å²) in [6, 6.07) is 10.1. The molecule has 2 heterocycles. The van der Waals surface area contributed by atoms with Gasteiger partial charge in [-0.15, -0.1) is 0 Å². The Morgan fingerprint density at radius 2 is 2.00 bits per heavy atom. The van der Waals surface area contributed by atoms with Crippen LogP contribution in [0.1, 0.15) is 11.5 Å². The summed E-state index contributed by atoms with van der Waals surface area (Å²) in [5, 5.41) is 8.00. The van der Waals surface area contributed by atoms with E-state index in [0.29, 0.717) is 18.1 Å². The quantitative estimate of drug-likeness (QED) is 0.750. The molecule has 3 rings (SSSR count). The van der Waals surface area contributed by atoms with Gasteiger partial charge in [-0.05, 0) is 27.9 Å². The highest BCUT2D eigenvalue weighted by molar-refractivity contribution is 9.10. The molecule has 0 saturated carbocycles. The zero-order valence-electron chi connectivity index (χ0n) is 11.2. The Hall–Kier alpha value is -1.50. The maximum absolute atomic E-state index is 6.16. The lowest BCUT2D eigenvalue weighted by molar-refractivity contribution is 0.369. The Balaban J connectivity index is 1.66. The fourth-order valence-corrected chi connectivity index (χ4v) is 3.55. The molecule has 0 amide bonds. The average Bonchev–Trinajstić information content (AvgIpc) is 3.08. The molecule has 0 aliphatic rings. The normalized spacial score (nSPS) is 12.5. The van der Waals surface area contributed by atoms with E-state index in [9.17, 15) is 0 Å². The second kappa shape index (κ2) is 6.51. The molecular formula is C15H14BrN3OS. The number of benzene rings is 1. The van der Waals surface area contributed by atoms with Crippen molar-refractivity contribution in [3.8, 4) is 11.4 Å². The van der Waals surface area contributed by atoms with Crippen LogP contribution < -0.4 is 5.73 Å². The number of hydrogen-bond acceptors (Lipinski definition) is 5. The van der Waals surface area contributed by atoms with E-state index in [-0.39, 0.29) is 6.04 Å². The molecule has 2 N–H and O–H groups in total. The first-order valence-electron chi connectivity index (χ1n) is 6.56. The fraction of sp³-hybridized carbons (Fsp3) is 0.200. The minimum atomic E-state index is -0.0355. The molecule has 0 fully saturated rings. The van der Waals surface area contributed by atoms with Crippen LogP contribution in [0.25, 0.3) is 11.4 Å². The molecule has 0 spiro atoms. The average molecular weight is 364 g/mol. The van der Waals surface area contributed by atoms with E-state index in [2.05, 4.69) is 38.2 Å². The van der Waals surface area contributed by atoms with Gasteiger partial charge in [0, 0.05) is 33.3 Å². The Morgan fingerprint density at radius 3 is 2.71 bits per heavy atom. The second-order valence-corrected chi connectivity index (χ2v) is 6.40. The molecule has 3 aromatic rings. The van der Waals surface area contributed by atoms with Crippen LogP contribution in [0.3, 0.4) is 0 Å². The molecule has 0 aliphatic heterocycles. The number of aromatic nitrogens is 2. The number of nitrogens with zero attached hydrogens (tertiary/aromatic N) is 2. The van der Waals surface area contributed by atoms with E-state index in [4.69, 9.17) is 10.3 Å². The number of thiophene rings is 1. The highest BCUT2D eigenvalue weighted by Crippen LogP contribution is 2.29. The third kappa shape index (κ3) is 3.58. The van der Waals surface area contributed by atoms with E-state index < -0.39 is 0 Å². The molecule has 2 aromatic heterocycles. The van der Waals surface area contributed by atoms with Crippen molar-refractivity contribution in [1.29, 1.82) is 0 Å². The van der Waals surface area contributed by atoms with Crippen molar-refractivity contribution >= 4 is 27.3 Å². The third-order valence-corrected chi connectivity index (χ3v) is 4.80. The van der Waals surface area contributed by atoms with Gasteiger partial charge in [-0.2, -0.15) is 16.3 Å². The minimum absolute atomic E-state index is 0.0355. The lowest BCUT2D eigenvalue weighted by atomic mass is 10.0. The Kier molecular flexibility index (Phi) is 4.48. The zero-order chi connectivity index (χ0) is 14.7. The van der Waals surface area contributed by atoms with Crippen LogP contribution in [0, 0.1) is 0 Å². The number of rotatable bonds is 5. The standard InChI is InChI=1S/C15H14BrN3OS/c16-13-9-21-8-12(13)15-18-14(20-19-15)7-11(17)6-10-4-2-1-3-5-10/h1-5,8-9,11H,6-7,17H2/t11-/m1/s1. The maximum atomic E-state index is 6.16. The SMILES string of the molecule is N[C@H](Cc1ccccc1)Cc1nc(-c2cscc2Br)no1. The Bertz CT molecular complexity index is 711. The van der Waals surface area contributed by atoms with Gasteiger partial charge in [0.05, 0.1) is 0 Å². The minimum Gasteiger partial charge on any atom is -0.339 e. The fourth-order valence-electron chi connectivity index (χ4n) is 2.10. The second-order valence-electron chi connectivity index (χ2n) is 4.80. The number of halogens is 1. The van der Waals surface area contributed by atoms with Crippen LogP contribution in [0.5, 0.6) is 0 Å². The van der Waals surface area contributed by atoms with Gasteiger partial charge in [0.25, 0.3) is 0 Å². The first-order chi connectivity index (χ1) is 10.2. The van der Waals surface area contributed by atoms with Gasteiger partial charge in [-0.3, -0.25) is 0 Å². The summed E-state index contributed by atoms with van der Waals surface area (Å²) in [6.45, 7) is 0. The molecule has 0 radical (unpaired) electrons. The molecule has 21 heavy (non-hydrogen) atoms. The van der Waals surface area contributed by atoms with Gasteiger partial charge < -0.3 is 10.3 Å². The van der Waals surface area contributed by atoms with E-state index >= 15 is 0 Å². The molecule has 4 nitrogen and oxygen atoms in total. The summed E-state index contributed by atoms with van der Waals surface area (Å²) in [5.74, 6) is 1.18. The summed E-state index contributed by atoms with van der Waals surface area (Å²) >= 11 is 5.06. The molecule has 0 aliphatic carbocycles. The first-order valence-corrected chi connectivity index (χ1v) is 8.30. The topological polar surface area (TPSA) is 64.9 Å². The molecule has 1 aromatic carbocycles. The molecule has 6 heteroatoms. The third-order valence-electron chi connectivity index (χ3n) is 3.10. The molecular weight excluding hydrogens is 350 g/mol. The molecule has 0 unspecified atom stereocenters. The van der Waals surface area contributed by atoms with Crippen LogP contribution in [0.4, 0.5) is 0 Å². The van der Waals surface area contributed by atoms with Crippen molar-refractivity contribution in [1.82, 2.24) is 10.1 Å². The van der Waals surface area contributed by atoms with E-state index in [1.165, 1.54) is 5.56 Å². The van der Waals surface area contributed by atoms with Crippen LogP contribution in [0.2, 0.25) is 0 Å². The van der Waals surface area contributed by atoms with Gasteiger partial charge in [-0.25, -0.2) is 0 Å². The van der Waals surface area contributed by atoms with Gasteiger partial charge in [0.2, 0.25) is 11.7 Å². The van der Waals surface area contributed by atoms with Crippen molar-refractivity contribution in [3.05, 3.63) is 57.0 Å². The monoisotopic (exact) mass is 363 g/mol. The predicted octanol–water partition coefficient (Wildman–Crippen LogP) is 3.67. The maximum Gasteiger partial charge on any atom is 0.228 e. The van der Waals surface area contributed by atoms with Crippen LogP contribution in [0.15, 0.2) is 50.1 Å². The van der Waals surface area contributed by atoms with Crippen molar-refractivity contribution in [2.45, 2.75) is 18.9 Å². The molecule has 0 bridgehead atoms. The van der Waals surface area contributed by atoms with E-state index in [1.54, 1.807) is 11.3 Å². The molecule has 1 atom stereocenters. The van der Waals surface area contributed by atoms with E-state index in [0.717, 1.165) is 16.5 Å². The molecule has 108 valence electrons. The van der Waals surface area contributed by atoms with Gasteiger partial charge in [-0.1, -0.05) is 35.5 Å². The first kappa shape index (κ1) is 14.4. The van der Waals surface area contributed by atoms with Crippen molar-refractivity contribution in [2.75, 3.05) is 0 Å². The molecule has 0 saturated heterocycles.